The lowest BCUT2D eigenvalue weighted by Gasteiger charge is -2.04. The van der Waals surface area contributed by atoms with E-state index in [9.17, 15) is 18.9 Å². The molecule has 0 aliphatic rings. The third-order valence-electron chi connectivity index (χ3n) is 1.57. The van der Waals surface area contributed by atoms with Gasteiger partial charge in [0.1, 0.15) is 5.69 Å². The molecular formula is C7H7F2N3O2. The van der Waals surface area contributed by atoms with Crippen LogP contribution in [0.15, 0.2) is 6.07 Å². The van der Waals surface area contributed by atoms with Crippen LogP contribution >= 0.6 is 0 Å². The summed E-state index contributed by atoms with van der Waals surface area (Å²) < 4.78 is 24.7. The molecule has 0 aromatic carbocycles. The quantitative estimate of drug-likeness (QED) is 0.587. The van der Waals surface area contributed by atoms with Gasteiger partial charge in [-0.1, -0.05) is 0 Å². The molecular weight excluding hydrogens is 196 g/mol. The molecule has 7 heteroatoms. The van der Waals surface area contributed by atoms with E-state index in [2.05, 4.69) is 4.98 Å². The van der Waals surface area contributed by atoms with Crippen LogP contribution in [0.4, 0.5) is 20.2 Å². The molecule has 2 N–H and O–H groups in total. The number of pyridine rings is 1. The zero-order valence-corrected chi connectivity index (χ0v) is 7.20. The van der Waals surface area contributed by atoms with Crippen molar-refractivity contribution in [1.82, 2.24) is 4.98 Å². The molecule has 0 radical (unpaired) electrons. The van der Waals surface area contributed by atoms with Crippen molar-refractivity contribution in [3.05, 3.63) is 27.6 Å². The standard InChI is InChI=1S/C7H7F2N3O2/c1-3-2-4(10)6(12(13)14)5(11-3)7(8)9/h2,7H,1H3,(H2,10,11). The summed E-state index contributed by atoms with van der Waals surface area (Å²) >= 11 is 0. The van der Waals surface area contributed by atoms with Crippen LogP contribution in [0.5, 0.6) is 0 Å². The maximum atomic E-state index is 12.3. The second kappa shape index (κ2) is 3.52. The van der Waals surface area contributed by atoms with E-state index in [1.165, 1.54) is 13.0 Å². The summed E-state index contributed by atoms with van der Waals surface area (Å²) in [5, 5.41) is 10.4. The van der Waals surface area contributed by atoms with Gasteiger partial charge in [-0.05, 0) is 13.0 Å². The Labute approximate surface area is 77.7 Å². The average Bonchev–Trinajstić information content (AvgIpc) is 2.01. The van der Waals surface area contributed by atoms with Gasteiger partial charge in [-0.25, -0.2) is 13.8 Å². The van der Waals surface area contributed by atoms with E-state index in [0.717, 1.165) is 0 Å². The molecule has 0 bridgehead atoms. The second-order valence-electron chi connectivity index (χ2n) is 2.64. The number of nitrogens with zero attached hydrogens (tertiary/aromatic N) is 2. The van der Waals surface area contributed by atoms with E-state index in [4.69, 9.17) is 5.73 Å². The number of aryl methyl sites for hydroxylation is 1. The summed E-state index contributed by atoms with van der Waals surface area (Å²) in [7, 11) is 0. The number of hydrogen-bond donors (Lipinski definition) is 1. The monoisotopic (exact) mass is 203 g/mol. The van der Waals surface area contributed by atoms with Crippen LogP contribution in [0.3, 0.4) is 0 Å². The van der Waals surface area contributed by atoms with Crippen molar-refractivity contribution >= 4 is 11.4 Å². The highest BCUT2D eigenvalue weighted by Crippen LogP contribution is 2.32. The summed E-state index contributed by atoms with van der Waals surface area (Å²) in [5.41, 5.74) is 3.48. The van der Waals surface area contributed by atoms with Crippen LogP contribution in [0.1, 0.15) is 17.8 Å². The molecule has 0 amide bonds. The zero-order chi connectivity index (χ0) is 10.9. The maximum Gasteiger partial charge on any atom is 0.319 e. The molecule has 0 unspecified atom stereocenters. The van der Waals surface area contributed by atoms with Crippen LogP contribution in [0, 0.1) is 17.0 Å². The van der Waals surface area contributed by atoms with E-state index in [1.54, 1.807) is 0 Å². The molecule has 0 saturated carbocycles. The van der Waals surface area contributed by atoms with Crippen LogP contribution < -0.4 is 5.73 Å². The van der Waals surface area contributed by atoms with Crippen molar-refractivity contribution in [2.45, 2.75) is 13.3 Å². The number of aromatic nitrogens is 1. The summed E-state index contributed by atoms with van der Waals surface area (Å²) in [6.45, 7) is 1.44. The summed E-state index contributed by atoms with van der Waals surface area (Å²) in [4.78, 5) is 12.8. The van der Waals surface area contributed by atoms with Gasteiger partial charge in [0.15, 0.2) is 5.69 Å². The molecule has 76 valence electrons. The first-order chi connectivity index (χ1) is 6.43. The fraction of sp³-hybridized carbons (Fsp3) is 0.286. The van der Waals surface area contributed by atoms with Gasteiger partial charge in [-0.2, -0.15) is 0 Å². The van der Waals surface area contributed by atoms with Crippen LogP contribution in [0.2, 0.25) is 0 Å². The van der Waals surface area contributed by atoms with E-state index >= 15 is 0 Å². The van der Waals surface area contributed by atoms with E-state index in [-0.39, 0.29) is 11.4 Å². The Morgan fingerprint density at radius 1 is 1.64 bits per heavy atom. The van der Waals surface area contributed by atoms with Crippen molar-refractivity contribution in [2.75, 3.05) is 5.73 Å². The Hall–Kier alpha value is -1.79. The van der Waals surface area contributed by atoms with Crippen molar-refractivity contribution in [3.63, 3.8) is 0 Å². The molecule has 0 aliphatic carbocycles. The number of halogens is 2. The number of nitrogen functional groups attached to an aromatic ring is 1. The maximum absolute atomic E-state index is 12.3. The third kappa shape index (κ3) is 1.76. The summed E-state index contributed by atoms with van der Waals surface area (Å²) in [6.07, 6.45) is -3.00. The van der Waals surface area contributed by atoms with Gasteiger partial charge in [-0.3, -0.25) is 10.1 Å². The first kappa shape index (κ1) is 10.3. The number of nitro groups is 1. The second-order valence-corrected chi connectivity index (χ2v) is 2.64. The van der Waals surface area contributed by atoms with Crippen LogP contribution in [-0.4, -0.2) is 9.91 Å². The molecule has 0 fully saturated rings. The number of hydrogen-bond acceptors (Lipinski definition) is 4. The van der Waals surface area contributed by atoms with Gasteiger partial charge in [-0.15, -0.1) is 0 Å². The van der Waals surface area contributed by atoms with Crippen molar-refractivity contribution in [3.8, 4) is 0 Å². The first-order valence-electron chi connectivity index (χ1n) is 3.63. The predicted octanol–water partition coefficient (Wildman–Crippen LogP) is 1.82. The molecule has 1 rings (SSSR count). The Kier molecular flexibility index (Phi) is 2.59. The molecule has 0 spiro atoms. The van der Waals surface area contributed by atoms with Gasteiger partial charge in [0.2, 0.25) is 0 Å². The first-order valence-corrected chi connectivity index (χ1v) is 3.63. The highest BCUT2D eigenvalue weighted by atomic mass is 19.3. The van der Waals surface area contributed by atoms with Gasteiger partial charge < -0.3 is 5.73 Å². The highest BCUT2D eigenvalue weighted by Gasteiger charge is 2.26. The SMILES string of the molecule is Cc1cc(N)c([N+](=O)[O-])c(C(F)F)n1. The minimum Gasteiger partial charge on any atom is -0.393 e. The smallest absolute Gasteiger partial charge is 0.319 e. The molecule has 0 aliphatic heterocycles. The van der Waals surface area contributed by atoms with Crippen molar-refractivity contribution in [1.29, 1.82) is 0 Å². The lowest BCUT2D eigenvalue weighted by molar-refractivity contribution is -0.385. The molecule has 1 aromatic rings. The fourth-order valence-corrected chi connectivity index (χ4v) is 1.07. The number of nitrogens with two attached hydrogens (primary N) is 1. The Morgan fingerprint density at radius 2 is 2.21 bits per heavy atom. The lowest BCUT2D eigenvalue weighted by atomic mass is 10.2. The molecule has 1 heterocycles. The number of rotatable bonds is 2. The minimum absolute atomic E-state index is 0.225. The zero-order valence-electron chi connectivity index (χ0n) is 7.20. The Bertz CT molecular complexity index is 381. The van der Waals surface area contributed by atoms with Crippen molar-refractivity contribution < 1.29 is 13.7 Å². The normalized spacial score (nSPS) is 10.6. The number of anilines is 1. The highest BCUT2D eigenvalue weighted by molar-refractivity contribution is 5.61. The average molecular weight is 203 g/mol. The van der Waals surface area contributed by atoms with E-state index in [1.807, 2.05) is 0 Å². The van der Waals surface area contributed by atoms with Crippen molar-refractivity contribution in [2.24, 2.45) is 0 Å². The molecule has 14 heavy (non-hydrogen) atoms. The largest absolute Gasteiger partial charge is 0.393 e. The van der Waals surface area contributed by atoms with Crippen LogP contribution in [-0.2, 0) is 0 Å². The van der Waals surface area contributed by atoms with E-state index in [0.29, 0.717) is 0 Å². The molecule has 1 aromatic heterocycles. The van der Waals surface area contributed by atoms with Crippen LogP contribution in [0.25, 0.3) is 0 Å². The molecule has 0 saturated heterocycles. The van der Waals surface area contributed by atoms with Gasteiger partial charge in [0.25, 0.3) is 6.43 Å². The topological polar surface area (TPSA) is 82.0 Å². The van der Waals surface area contributed by atoms with Gasteiger partial charge >= 0.3 is 5.69 Å². The van der Waals surface area contributed by atoms with E-state index < -0.39 is 22.7 Å². The lowest BCUT2D eigenvalue weighted by Crippen LogP contribution is -2.04. The van der Waals surface area contributed by atoms with Gasteiger partial charge in [0.05, 0.1) is 4.92 Å². The predicted molar refractivity (Wildman–Crippen MR) is 45.0 cm³/mol. The fourth-order valence-electron chi connectivity index (χ4n) is 1.07. The van der Waals surface area contributed by atoms with Gasteiger partial charge in [0, 0.05) is 5.69 Å². The minimum atomic E-state index is -3.00. The summed E-state index contributed by atoms with van der Waals surface area (Å²) in [6, 6.07) is 1.18. The molecule has 5 nitrogen and oxygen atoms in total. The third-order valence-corrected chi connectivity index (χ3v) is 1.57. The summed E-state index contributed by atoms with van der Waals surface area (Å²) in [5.74, 6) is 0. The Balaban J connectivity index is 3.44. The Morgan fingerprint density at radius 3 is 2.64 bits per heavy atom. The number of alkyl halides is 2. The molecule has 0 atom stereocenters.